The third kappa shape index (κ3) is 2.94. The molecule has 4 N–H and O–H groups in total. The van der Waals surface area contributed by atoms with Gasteiger partial charge in [0.05, 0.1) is 0 Å². The zero-order valence-corrected chi connectivity index (χ0v) is 8.80. The van der Waals surface area contributed by atoms with Gasteiger partial charge >= 0.3 is 5.97 Å². The van der Waals surface area contributed by atoms with Gasteiger partial charge in [-0.15, -0.1) is 0 Å². The Balaban J connectivity index is 2.84. The van der Waals surface area contributed by atoms with Crippen molar-refractivity contribution in [1.82, 2.24) is 4.98 Å². The molecule has 16 heavy (non-hydrogen) atoms. The summed E-state index contributed by atoms with van der Waals surface area (Å²) in [5.74, 6) is -1.29. The average Bonchev–Trinajstić information content (AvgIpc) is 2.25. The summed E-state index contributed by atoms with van der Waals surface area (Å²) in [7, 11) is 0. The Kier molecular flexibility index (Phi) is 3.82. The Hall–Kier alpha value is -2.11. The van der Waals surface area contributed by atoms with Crippen molar-refractivity contribution < 1.29 is 14.7 Å². The van der Waals surface area contributed by atoms with Gasteiger partial charge in [0.1, 0.15) is 17.6 Å². The molecular formula is C10H13N3O3. The first-order valence-corrected chi connectivity index (χ1v) is 4.80. The normalized spacial score (nSPS) is 11.8. The number of carboxylic acid groups (broad SMARTS) is 1. The number of carboxylic acids is 1. The maximum absolute atomic E-state index is 10.9. The lowest BCUT2D eigenvalue weighted by atomic mass is 10.2. The second kappa shape index (κ2) is 5.11. The van der Waals surface area contributed by atoms with Crippen molar-refractivity contribution in [3.63, 3.8) is 0 Å². The number of pyridine rings is 1. The first-order valence-electron chi connectivity index (χ1n) is 4.80. The van der Waals surface area contributed by atoms with Crippen LogP contribution in [0.4, 0.5) is 5.82 Å². The monoisotopic (exact) mass is 223 g/mol. The van der Waals surface area contributed by atoms with Crippen molar-refractivity contribution in [3.8, 4) is 0 Å². The lowest BCUT2D eigenvalue weighted by Crippen LogP contribution is -2.29. The molecule has 1 atom stereocenters. The minimum atomic E-state index is -0.964. The van der Waals surface area contributed by atoms with Crippen molar-refractivity contribution in [1.29, 1.82) is 0 Å². The van der Waals surface area contributed by atoms with Crippen LogP contribution in [0.3, 0.4) is 0 Å². The van der Waals surface area contributed by atoms with Gasteiger partial charge in [0, 0.05) is 0 Å². The number of amides is 1. The van der Waals surface area contributed by atoms with Gasteiger partial charge in [-0.2, -0.15) is 0 Å². The lowest BCUT2D eigenvalue weighted by molar-refractivity contribution is -0.137. The number of nitrogens with zero attached hydrogens (tertiary/aromatic N) is 1. The van der Waals surface area contributed by atoms with Gasteiger partial charge in [-0.3, -0.25) is 4.79 Å². The number of nitrogens with two attached hydrogens (primary N) is 1. The van der Waals surface area contributed by atoms with E-state index in [1.54, 1.807) is 19.1 Å². The summed E-state index contributed by atoms with van der Waals surface area (Å²) >= 11 is 0. The van der Waals surface area contributed by atoms with Crippen molar-refractivity contribution >= 4 is 17.7 Å². The molecular weight excluding hydrogens is 210 g/mol. The highest BCUT2D eigenvalue weighted by atomic mass is 16.4. The van der Waals surface area contributed by atoms with Crippen LogP contribution in [-0.4, -0.2) is 28.0 Å². The molecule has 1 rings (SSSR count). The van der Waals surface area contributed by atoms with Crippen LogP contribution < -0.4 is 11.1 Å². The second-order valence-corrected chi connectivity index (χ2v) is 3.22. The molecule has 0 aliphatic heterocycles. The Bertz CT molecular complexity index is 406. The molecule has 0 aliphatic carbocycles. The number of primary amides is 1. The summed E-state index contributed by atoms with van der Waals surface area (Å²) in [4.78, 5) is 25.5. The molecule has 0 saturated heterocycles. The molecule has 0 aromatic carbocycles. The third-order valence-corrected chi connectivity index (χ3v) is 2.03. The zero-order chi connectivity index (χ0) is 12.1. The second-order valence-electron chi connectivity index (χ2n) is 3.22. The van der Waals surface area contributed by atoms with E-state index in [0.717, 1.165) is 0 Å². The quantitative estimate of drug-likeness (QED) is 0.672. The molecule has 0 radical (unpaired) electrons. The van der Waals surface area contributed by atoms with Crippen LogP contribution in [0.25, 0.3) is 0 Å². The summed E-state index contributed by atoms with van der Waals surface area (Å²) in [6, 6.07) is 3.91. The topological polar surface area (TPSA) is 105 Å². The Morgan fingerprint density at radius 3 is 2.75 bits per heavy atom. The highest BCUT2D eigenvalue weighted by Gasteiger charge is 2.15. The zero-order valence-electron chi connectivity index (χ0n) is 8.80. The van der Waals surface area contributed by atoms with Crippen molar-refractivity contribution in [2.45, 2.75) is 19.4 Å². The van der Waals surface area contributed by atoms with E-state index >= 15 is 0 Å². The van der Waals surface area contributed by atoms with Gasteiger partial charge in [0.25, 0.3) is 5.91 Å². The summed E-state index contributed by atoms with van der Waals surface area (Å²) in [5.41, 5.74) is 5.16. The minimum Gasteiger partial charge on any atom is -0.480 e. The van der Waals surface area contributed by atoms with E-state index in [-0.39, 0.29) is 5.69 Å². The van der Waals surface area contributed by atoms with Gasteiger partial charge in [0.2, 0.25) is 0 Å². The number of carbonyl (C=O) groups is 2. The Morgan fingerprint density at radius 2 is 2.25 bits per heavy atom. The fraction of sp³-hybridized carbons (Fsp3) is 0.300. The molecule has 0 fully saturated rings. The molecule has 0 saturated carbocycles. The summed E-state index contributed by atoms with van der Waals surface area (Å²) in [6.07, 6.45) is 0.414. The molecule has 1 heterocycles. The molecule has 6 heteroatoms. The highest BCUT2D eigenvalue weighted by Crippen LogP contribution is 2.07. The van der Waals surface area contributed by atoms with Crippen molar-refractivity contribution in [3.05, 3.63) is 23.9 Å². The largest absolute Gasteiger partial charge is 0.480 e. The standard InChI is InChI=1S/C10H13N3O3/c1-2-6(10(15)16)12-8-5-3-4-7(13-8)9(11)14/h3-6H,2H2,1H3,(H2,11,14)(H,12,13)(H,15,16). The van der Waals surface area contributed by atoms with E-state index < -0.39 is 17.9 Å². The van der Waals surface area contributed by atoms with Crippen LogP contribution in [-0.2, 0) is 4.79 Å². The maximum Gasteiger partial charge on any atom is 0.326 e. The SMILES string of the molecule is CCC(Nc1cccc(C(N)=O)n1)C(=O)O. The number of nitrogens with one attached hydrogen (secondary N) is 1. The van der Waals surface area contributed by atoms with E-state index in [9.17, 15) is 9.59 Å². The Labute approximate surface area is 92.5 Å². The van der Waals surface area contributed by atoms with E-state index in [4.69, 9.17) is 10.8 Å². The number of carbonyl (C=O) groups excluding carboxylic acids is 1. The van der Waals surface area contributed by atoms with Crippen LogP contribution in [0.5, 0.6) is 0 Å². The Morgan fingerprint density at radius 1 is 1.56 bits per heavy atom. The number of anilines is 1. The molecule has 1 unspecified atom stereocenters. The lowest BCUT2D eigenvalue weighted by Gasteiger charge is -2.12. The molecule has 1 aromatic rings. The van der Waals surface area contributed by atoms with Gasteiger partial charge in [-0.1, -0.05) is 13.0 Å². The molecule has 1 aromatic heterocycles. The molecule has 6 nitrogen and oxygen atoms in total. The predicted octanol–water partition coefficient (Wildman–Crippen LogP) is 0.456. The van der Waals surface area contributed by atoms with Gasteiger partial charge in [-0.25, -0.2) is 9.78 Å². The number of aromatic nitrogens is 1. The van der Waals surface area contributed by atoms with E-state index in [1.807, 2.05) is 0 Å². The fourth-order valence-electron chi connectivity index (χ4n) is 1.17. The van der Waals surface area contributed by atoms with Crippen LogP contribution in [0.15, 0.2) is 18.2 Å². The average molecular weight is 223 g/mol. The summed E-state index contributed by atoms with van der Waals surface area (Å²) in [6.45, 7) is 1.74. The fourth-order valence-corrected chi connectivity index (χ4v) is 1.17. The van der Waals surface area contributed by atoms with E-state index in [1.165, 1.54) is 6.07 Å². The predicted molar refractivity (Wildman–Crippen MR) is 58.1 cm³/mol. The van der Waals surface area contributed by atoms with Crippen LogP contribution in [0.1, 0.15) is 23.8 Å². The molecule has 0 bridgehead atoms. The van der Waals surface area contributed by atoms with Crippen LogP contribution >= 0.6 is 0 Å². The molecule has 86 valence electrons. The first kappa shape index (κ1) is 12.0. The molecule has 1 amide bonds. The number of hydrogen-bond donors (Lipinski definition) is 3. The first-order chi connectivity index (χ1) is 7.54. The smallest absolute Gasteiger partial charge is 0.326 e. The van der Waals surface area contributed by atoms with Crippen LogP contribution in [0.2, 0.25) is 0 Å². The van der Waals surface area contributed by atoms with E-state index in [0.29, 0.717) is 12.2 Å². The number of hydrogen-bond acceptors (Lipinski definition) is 4. The third-order valence-electron chi connectivity index (χ3n) is 2.03. The maximum atomic E-state index is 10.9. The number of aliphatic carboxylic acids is 1. The van der Waals surface area contributed by atoms with Crippen LogP contribution in [0, 0.1) is 0 Å². The van der Waals surface area contributed by atoms with Crippen molar-refractivity contribution in [2.24, 2.45) is 5.73 Å². The summed E-state index contributed by atoms with van der Waals surface area (Å²) < 4.78 is 0. The highest BCUT2D eigenvalue weighted by molar-refractivity contribution is 5.91. The van der Waals surface area contributed by atoms with Gasteiger partial charge < -0.3 is 16.2 Å². The molecule has 0 spiro atoms. The van der Waals surface area contributed by atoms with Crippen molar-refractivity contribution in [2.75, 3.05) is 5.32 Å². The number of rotatable bonds is 5. The minimum absolute atomic E-state index is 0.102. The van der Waals surface area contributed by atoms with Gasteiger partial charge in [0.15, 0.2) is 0 Å². The molecule has 0 aliphatic rings. The van der Waals surface area contributed by atoms with E-state index in [2.05, 4.69) is 10.3 Å². The van der Waals surface area contributed by atoms with Gasteiger partial charge in [-0.05, 0) is 18.6 Å². The summed E-state index contributed by atoms with van der Waals surface area (Å²) in [5, 5.41) is 11.5.